The van der Waals surface area contributed by atoms with Crippen LogP contribution in [-0.2, 0) is 33.6 Å². The van der Waals surface area contributed by atoms with Crippen molar-refractivity contribution in [1.82, 2.24) is 26.6 Å². The lowest BCUT2D eigenvalue weighted by atomic mass is 10.0. The van der Waals surface area contributed by atoms with E-state index < -0.39 is 84.6 Å². The van der Waals surface area contributed by atoms with Gasteiger partial charge in [0.25, 0.3) is 0 Å². The van der Waals surface area contributed by atoms with Gasteiger partial charge in [-0.25, -0.2) is 4.79 Å². The molecule has 0 spiro atoms. The summed E-state index contributed by atoms with van der Waals surface area (Å²) in [6.45, 7) is 2.96. The monoisotopic (exact) mass is 645 g/mol. The Bertz CT molecular complexity index is 997. The van der Waals surface area contributed by atoms with E-state index in [1.165, 1.54) is 0 Å². The Morgan fingerprint density at radius 1 is 0.622 bits per heavy atom. The number of amides is 6. The van der Waals surface area contributed by atoms with Gasteiger partial charge in [0.1, 0.15) is 30.2 Å². The molecule has 0 rings (SSSR count). The topological polar surface area (TPSA) is 324 Å². The number of primary amides is 1. The number of nitrogens with one attached hydrogen (secondary N) is 5. The molecule has 258 valence electrons. The number of hydrogen-bond acceptors (Lipinski definition) is 11. The van der Waals surface area contributed by atoms with E-state index in [0.717, 1.165) is 0 Å². The highest BCUT2D eigenvalue weighted by molar-refractivity contribution is 5.97. The molecule has 0 aromatic carbocycles. The average molecular weight is 646 g/mol. The first-order chi connectivity index (χ1) is 21.2. The molecule has 6 amide bonds. The van der Waals surface area contributed by atoms with Gasteiger partial charge in [-0.3, -0.25) is 28.8 Å². The first kappa shape index (κ1) is 41.1. The van der Waals surface area contributed by atoms with Crippen molar-refractivity contribution in [2.75, 3.05) is 26.2 Å². The second kappa shape index (κ2) is 22.6. The zero-order chi connectivity index (χ0) is 34.5. The van der Waals surface area contributed by atoms with E-state index in [2.05, 4.69) is 26.6 Å². The van der Waals surface area contributed by atoms with E-state index in [-0.39, 0.29) is 31.7 Å². The predicted molar refractivity (Wildman–Crippen MR) is 163 cm³/mol. The molecule has 45 heavy (non-hydrogen) atoms. The normalized spacial score (nSPS) is 14.3. The summed E-state index contributed by atoms with van der Waals surface area (Å²) in [5.41, 5.74) is 21.5. The van der Waals surface area contributed by atoms with Crippen LogP contribution in [0.15, 0.2) is 0 Å². The molecule has 0 aromatic rings. The lowest BCUT2D eigenvalue weighted by molar-refractivity contribution is -0.142. The zero-order valence-corrected chi connectivity index (χ0v) is 26.0. The number of aliphatic hydroxyl groups is 1. The SMILES string of the molecule is CC(C)C[C@H](NC(=O)[C@H](CCCCN)NC(=O)CN)C(=O)N[C@@H](CO)C(=O)N[C@@H](CC(N)=O)C(=O)N[C@@H](CCCCN)C(=O)O. The van der Waals surface area contributed by atoms with Crippen LogP contribution in [0, 0.1) is 5.92 Å². The smallest absolute Gasteiger partial charge is 0.326 e. The van der Waals surface area contributed by atoms with Crippen molar-refractivity contribution in [1.29, 1.82) is 0 Å². The van der Waals surface area contributed by atoms with Gasteiger partial charge in [0, 0.05) is 0 Å². The molecule has 0 aromatic heterocycles. The van der Waals surface area contributed by atoms with E-state index in [1.807, 2.05) is 0 Å². The van der Waals surface area contributed by atoms with E-state index in [0.29, 0.717) is 38.8 Å². The summed E-state index contributed by atoms with van der Waals surface area (Å²) in [4.78, 5) is 87.3. The van der Waals surface area contributed by atoms with Gasteiger partial charge in [-0.2, -0.15) is 0 Å². The third-order valence-corrected chi connectivity index (χ3v) is 6.54. The number of rotatable bonds is 24. The number of aliphatic carboxylic acids is 1. The number of hydrogen-bond donors (Lipinski definition) is 11. The summed E-state index contributed by atoms with van der Waals surface area (Å²) in [5, 5.41) is 31.2. The van der Waals surface area contributed by atoms with Crippen molar-refractivity contribution in [3.05, 3.63) is 0 Å². The highest BCUT2D eigenvalue weighted by Gasteiger charge is 2.33. The summed E-state index contributed by atoms with van der Waals surface area (Å²) in [7, 11) is 0. The highest BCUT2D eigenvalue weighted by Crippen LogP contribution is 2.09. The summed E-state index contributed by atoms with van der Waals surface area (Å²) < 4.78 is 0. The molecule has 0 aliphatic carbocycles. The van der Waals surface area contributed by atoms with Crippen LogP contribution in [0.3, 0.4) is 0 Å². The van der Waals surface area contributed by atoms with Crippen LogP contribution in [0.25, 0.3) is 0 Å². The van der Waals surface area contributed by atoms with Crippen LogP contribution in [0.5, 0.6) is 0 Å². The highest BCUT2D eigenvalue weighted by atomic mass is 16.4. The fraction of sp³-hybridized carbons (Fsp3) is 0.741. The molecule has 0 aliphatic rings. The number of unbranched alkanes of at least 4 members (excludes halogenated alkanes) is 2. The molecule has 0 aliphatic heterocycles. The van der Waals surface area contributed by atoms with Crippen molar-refractivity contribution in [2.24, 2.45) is 28.9 Å². The minimum absolute atomic E-state index is 0.0393. The molecule has 18 nitrogen and oxygen atoms in total. The molecule has 0 saturated carbocycles. The van der Waals surface area contributed by atoms with Crippen LogP contribution < -0.4 is 49.5 Å². The van der Waals surface area contributed by atoms with Crippen LogP contribution in [-0.4, -0.2) is 108 Å². The van der Waals surface area contributed by atoms with Gasteiger partial charge in [-0.1, -0.05) is 13.8 Å². The van der Waals surface area contributed by atoms with Crippen molar-refractivity contribution in [2.45, 2.75) is 95.4 Å². The number of nitrogens with two attached hydrogens (primary N) is 4. The summed E-state index contributed by atoms with van der Waals surface area (Å²) in [6, 6.07) is -6.79. The van der Waals surface area contributed by atoms with E-state index >= 15 is 0 Å². The largest absolute Gasteiger partial charge is 0.480 e. The number of aliphatic hydroxyl groups excluding tert-OH is 1. The van der Waals surface area contributed by atoms with Gasteiger partial charge in [0.15, 0.2) is 0 Å². The minimum atomic E-state index is -1.63. The lowest BCUT2D eigenvalue weighted by Crippen LogP contribution is -2.60. The lowest BCUT2D eigenvalue weighted by Gasteiger charge is -2.26. The quantitative estimate of drug-likeness (QED) is 0.0444. The Morgan fingerprint density at radius 2 is 1.07 bits per heavy atom. The van der Waals surface area contributed by atoms with Gasteiger partial charge in [0.2, 0.25) is 35.4 Å². The average Bonchev–Trinajstić information content (AvgIpc) is 2.97. The van der Waals surface area contributed by atoms with Crippen LogP contribution in [0.2, 0.25) is 0 Å². The predicted octanol–water partition coefficient (Wildman–Crippen LogP) is -4.37. The molecule has 15 N–H and O–H groups in total. The van der Waals surface area contributed by atoms with Gasteiger partial charge in [-0.05, 0) is 64.0 Å². The second-order valence-corrected chi connectivity index (χ2v) is 11.0. The van der Waals surface area contributed by atoms with Crippen LogP contribution in [0.1, 0.15) is 65.2 Å². The Labute approximate surface area is 262 Å². The van der Waals surface area contributed by atoms with Crippen LogP contribution in [0.4, 0.5) is 0 Å². The fourth-order valence-electron chi connectivity index (χ4n) is 4.16. The van der Waals surface area contributed by atoms with Crippen molar-refractivity contribution < 1.29 is 43.8 Å². The van der Waals surface area contributed by atoms with Gasteiger partial charge < -0.3 is 59.7 Å². The van der Waals surface area contributed by atoms with Crippen LogP contribution >= 0.6 is 0 Å². The number of carbonyl (C=O) groups excluding carboxylic acids is 6. The summed E-state index contributed by atoms with van der Waals surface area (Å²) in [6.07, 6.45) is 1.68. The van der Waals surface area contributed by atoms with Crippen molar-refractivity contribution in [3.63, 3.8) is 0 Å². The molecule has 18 heteroatoms. The van der Waals surface area contributed by atoms with Crippen molar-refractivity contribution >= 4 is 41.4 Å². The molecule has 0 bridgehead atoms. The molecule has 0 radical (unpaired) electrons. The molecule has 0 fully saturated rings. The maximum absolute atomic E-state index is 13.2. The van der Waals surface area contributed by atoms with Crippen molar-refractivity contribution in [3.8, 4) is 0 Å². The first-order valence-corrected chi connectivity index (χ1v) is 14.9. The van der Waals surface area contributed by atoms with Gasteiger partial charge in [-0.15, -0.1) is 0 Å². The third kappa shape index (κ3) is 17.3. The molecular weight excluding hydrogens is 594 g/mol. The second-order valence-electron chi connectivity index (χ2n) is 11.0. The number of carboxylic acid groups (broad SMARTS) is 1. The maximum atomic E-state index is 13.2. The van der Waals surface area contributed by atoms with E-state index in [1.54, 1.807) is 13.8 Å². The fourth-order valence-corrected chi connectivity index (χ4v) is 4.16. The standard InChI is InChI=1S/C27H51N9O9/c1-15(2)11-18(34-23(40)16(7-3-5-9-28)32-22(39)13-30)24(41)36-20(14-37)26(43)35-19(12-21(31)38)25(42)33-17(27(44)45)8-4-6-10-29/h15-20,37H,3-14,28-30H2,1-2H3,(H2,31,38)(H,32,39)(H,33,42)(H,34,40)(H,35,43)(H,36,41)(H,44,45)/t16-,17-,18-,19-,20-/m0/s1. The summed E-state index contributed by atoms with van der Waals surface area (Å²) in [5.74, 6) is -6.64. The molecule has 5 atom stereocenters. The Balaban J connectivity index is 5.75. The molecule has 0 saturated heterocycles. The third-order valence-electron chi connectivity index (χ3n) is 6.54. The minimum Gasteiger partial charge on any atom is -0.480 e. The zero-order valence-electron chi connectivity index (χ0n) is 26.0. The van der Waals surface area contributed by atoms with Gasteiger partial charge >= 0.3 is 5.97 Å². The van der Waals surface area contributed by atoms with Gasteiger partial charge in [0.05, 0.1) is 19.6 Å². The maximum Gasteiger partial charge on any atom is 0.326 e. The first-order valence-electron chi connectivity index (χ1n) is 14.9. The van der Waals surface area contributed by atoms with E-state index in [4.69, 9.17) is 22.9 Å². The number of carbonyl (C=O) groups is 7. The molecule has 0 unspecified atom stereocenters. The number of carboxylic acids is 1. The Kier molecular flexibility index (Phi) is 20.7. The summed E-state index contributed by atoms with van der Waals surface area (Å²) >= 11 is 0. The Hall–Kier alpha value is -3.87. The molecular formula is C27H51N9O9. The Morgan fingerprint density at radius 3 is 1.53 bits per heavy atom. The molecule has 0 heterocycles. The van der Waals surface area contributed by atoms with E-state index in [9.17, 15) is 43.8 Å².